The Kier molecular flexibility index (Phi) is 8.33. The maximum Gasteiger partial charge on any atom is 0.271 e. The normalized spacial score (nSPS) is 11.5. The second-order valence-corrected chi connectivity index (χ2v) is 6.65. The number of non-ortho nitro benzene ring substituents is 1. The van der Waals surface area contributed by atoms with Crippen LogP contribution in [0, 0.1) is 10.1 Å². The number of anilines is 2. The molecule has 0 aliphatic rings. The monoisotopic (exact) mass is 430 g/mol. The SMILES string of the molecule is CCN(CC(=O)Nc1ccc(OC)cc1)C(C)C(=O)Nc1cc([N+](=O)[O-])ccc1OC. The number of nitro groups is 1. The number of carbonyl (C=O) groups excluding carboxylic acids is 2. The maximum atomic E-state index is 12.7. The summed E-state index contributed by atoms with van der Waals surface area (Å²) >= 11 is 0. The summed E-state index contributed by atoms with van der Waals surface area (Å²) in [6, 6.07) is 10.2. The van der Waals surface area contributed by atoms with Crippen LogP contribution >= 0.6 is 0 Å². The highest BCUT2D eigenvalue weighted by molar-refractivity contribution is 5.97. The van der Waals surface area contributed by atoms with Gasteiger partial charge < -0.3 is 20.1 Å². The van der Waals surface area contributed by atoms with Crippen LogP contribution in [0.1, 0.15) is 13.8 Å². The van der Waals surface area contributed by atoms with Gasteiger partial charge in [-0.2, -0.15) is 0 Å². The Morgan fingerprint density at radius 2 is 1.77 bits per heavy atom. The second-order valence-electron chi connectivity index (χ2n) is 6.65. The number of hydrogen-bond acceptors (Lipinski definition) is 7. The molecule has 0 heterocycles. The number of carbonyl (C=O) groups is 2. The summed E-state index contributed by atoms with van der Waals surface area (Å²) in [5.41, 5.74) is 0.627. The van der Waals surface area contributed by atoms with Crippen molar-refractivity contribution in [3.05, 3.63) is 52.6 Å². The van der Waals surface area contributed by atoms with Crippen molar-refractivity contribution in [1.29, 1.82) is 0 Å². The first-order chi connectivity index (χ1) is 14.8. The van der Waals surface area contributed by atoms with E-state index < -0.39 is 16.9 Å². The minimum Gasteiger partial charge on any atom is -0.497 e. The lowest BCUT2D eigenvalue weighted by molar-refractivity contribution is -0.384. The van der Waals surface area contributed by atoms with Crippen LogP contribution < -0.4 is 20.1 Å². The van der Waals surface area contributed by atoms with Crippen LogP contribution in [0.5, 0.6) is 11.5 Å². The molecule has 0 fully saturated rings. The van der Waals surface area contributed by atoms with Crippen molar-refractivity contribution in [2.75, 3.05) is 37.9 Å². The standard InChI is InChI=1S/C21H26N4O6/c1-5-24(13-20(26)22-15-6-9-17(30-3)10-7-15)14(2)21(27)23-18-12-16(25(28)29)8-11-19(18)31-4/h6-12,14H,5,13H2,1-4H3,(H,22,26)(H,23,27). The molecule has 31 heavy (non-hydrogen) atoms. The van der Waals surface area contributed by atoms with Gasteiger partial charge in [0.25, 0.3) is 5.69 Å². The minimum absolute atomic E-state index is 0.0107. The number of benzene rings is 2. The highest BCUT2D eigenvalue weighted by atomic mass is 16.6. The van der Waals surface area contributed by atoms with Crippen molar-refractivity contribution in [2.24, 2.45) is 0 Å². The van der Waals surface area contributed by atoms with Gasteiger partial charge in [-0.25, -0.2) is 0 Å². The summed E-state index contributed by atoms with van der Waals surface area (Å²) in [6.45, 7) is 3.92. The Hall–Kier alpha value is -3.66. The van der Waals surface area contributed by atoms with E-state index in [-0.39, 0.29) is 23.8 Å². The smallest absolute Gasteiger partial charge is 0.271 e. The number of hydrogen-bond donors (Lipinski definition) is 2. The number of nitro benzene ring substituents is 1. The van der Waals surface area contributed by atoms with E-state index in [4.69, 9.17) is 9.47 Å². The van der Waals surface area contributed by atoms with Gasteiger partial charge in [-0.3, -0.25) is 24.6 Å². The van der Waals surface area contributed by atoms with Gasteiger partial charge in [0, 0.05) is 17.8 Å². The van der Waals surface area contributed by atoms with E-state index in [9.17, 15) is 19.7 Å². The lowest BCUT2D eigenvalue weighted by atomic mass is 10.2. The van der Waals surface area contributed by atoms with Crippen LogP contribution in [0.15, 0.2) is 42.5 Å². The molecule has 0 aliphatic heterocycles. The topological polar surface area (TPSA) is 123 Å². The van der Waals surface area contributed by atoms with Crippen molar-refractivity contribution in [3.63, 3.8) is 0 Å². The van der Waals surface area contributed by atoms with Gasteiger partial charge in [-0.15, -0.1) is 0 Å². The lowest BCUT2D eigenvalue weighted by Crippen LogP contribution is -2.45. The van der Waals surface area contributed by atoms with Crippen LogP contribution in [0.2, 0.25) is 0 Å². The number of nitrogens with zero attached hydrogens (tertiary/aromatic N) is 2. The molecular formula is C21H26N4O6. The third-order valence-corrected chi connectivity index (χ3v) is 4.71. The van der Waals surface area contributed by atoms with Gasteiger partial charge in [-0.1, -0.05) is 6.92 Å². The molecule has 0 bridgehead atoms. The fourth-order valence-electron chi connectivity index (χ4n) is 2.89. The van der Waals surface area contributed by atoms with Gasteiger partial charge in [0.05, 0.1) is 37.4 Å². The molecule has 0 aromatic heterocycles. The maximum absolute atomic E-state index is 12.7. The first-order valence-corrected chi connectivity index (χ1v) is 9.60. The Labute approximate surface area is 180 Å². The lowest BCUT2D eigenvalue weighted by Gasteiger charge is -2.26. The van der Waals surface area contributed by atoms with Crippen molar-refractivity contribution in [2.45, 2.75) is 19.9 Å². The van der Waals surface area contributed by atoms with Crippen LogP contribution in [0.4, 0.5) is 17.1 Å². The van der Waals surface area contributed by atoms with E-state index in [1.54, 1.807) is 43.2 Å². The first-order valence-electron chi connectivity index (χ1n) is 9.60. The Bertz CT molecular complexity index is 932. The number of amides is 2. The zero-order valence-corrected chi connectivity index (χ0v) is 17.9. The fourth-order valence-corrected chi connectivity index (χ4v) is 2.89. The average Bonchev–Trinajstić information content (AvgIpc) is 2.77. The van der Waals surface area contributed by atoms with Crippen molar-refractivity contribution in [1.82, 2.24) is 4.90 Å². The third kappa shape index (κ3) is 6.41. The van der Waals surface area contributed by atoms with Gasteiger partial charge in [0.15, 0.2) is 0 Å². The highest BCUT2D eigenvalue weighted by Crippen LogP contribution is 2.29. The quantitative estimate of drug-likeness (QED) is 0.439. The zero-order valence-electron chi connectivity index (χ0n) is 17.9. The molecule has 0 saturated carbocycles. The molecule has 10 heteroatoms. The van der Waals surface area contributed by atoms with E-state index in [0.717, 1.165) is 0 Å². The fraction of sp³-hybridized carbons (Fsp3) is 0.333. The minimum atomic E-state index is -0.671. The van der Waals surface area contributed by atoms with E-state index in [2.05, 4.69) is 10.6 Å². The molecule has 0 saturated heterocycles. The highest BCUT2D eigenvalue weighted by Gasteiger charge is 2.24. The van der Waals surface area contributed by atoms with Crippen LogP contribution in [-0.2, 0) is 9.59 Å². The zero-order chi connectivity index (χ0) is 23.0. The summed E-state index contributed by atoms with van der Waals surface area (Å²) in [5, 5.41) is 16.5. The second kappa shape index (κ2) is 10.9. The summed E-state index contributed by atoms with van der Waals surface area (Å²) in [4.78, 5) is 37.3. The van der Waals surface area contributed by atoms with E-state index in [1.807, 2.05) is 6.92 Å². The molecule has 1 unspecified atom stereocenters. The number of rotatable bonds is 10. The van der Waals surface area contributed by atoms with Crippen molar-refractivity contribution >= 4 is 28.9 Å². The van der Waals surface area contributed by atoms with E-state index in [1.165, 1.54) is 25.3 Å². The molecular weight excluding hydrogens is 404 g/mol. The predicted octanol–water partition coefficient (Wildman–Crippen LogP) is 2.90. The number of likely N-dealkylation sites (N-methyl/N-ethyl adjacent to an activating group) is 1. The molecule has 0 spiro atoms. The van der Waals surface area contributed by atoms with Crippen LogP contribution in [-0.4, -0.2) is 55.0 Å². The third-order valence-electron chi connectivity index (χ3n) is 4.71. The number of ether oxygens (including phenoxy) is 2. The van der Waals surface area contributed by atoms with Gasteiger partial charge >= 0.3 is 0 Å². The predicted molar refractivity (Wildman–Crippen MR) is 117 cm³/mol. The first kappa shape index (κ1) is 23.6. The van der Waals surface area contributed by atoms with Gasteiger partial charge in [-0.05, 0) is 43.8 Å². The summed E-state index contributed by atoms with van der Waals surface area (Å²) < 4.78 is 10.3. The molecule has 2 aromatic carbocycles. The molecule has 2 N–H and O–H groups in total. The molecule has 2 amide bonds. The number of methoxy groups -OCH3 is 2. The molecule has 2 aromatic rings. The molecule has 1 atom stereocenters. The van der Waals surface area contributed by atoms with Crippen LogP contribution in [0.25, 0.3) is 0 Å². The molecule has 10 nitrogen and oxygen atoms in total. The van der Waals surface area contributed by atoms with Gasteiger partial charge in [0.2, 0.25) is 11.8 Å². The largest absolute Gasteiger partial charge is 0.497 e. The number of nitrogens with one attached hydrogen (secondary N) is 2. The average molecular weight is 430 g/mol. The van der Waals surface area contributed by atoms with Crippen molar-refractivity contribution in [3.8, 4) is 11.5 Å². The molecule has 0 radical (unpaired) electrons. The summed E-state index contributed by atoms with van der Waals surface area (Å²) in [5.74, 6) is 0.277. The summed E-state index contributed by atoms with van der Waals surface area (Å²) in [7, 11) is 2.96. The molecule has 2 rings (SSSR count). The Morgan fingerprint density at radius 3 is 2.32 bits per heavy atom. The van der Waals surface area contributed by atoms with E-state index >= 15 is 0 Å². The molecule has 166 valence electrons. The Balaban J connectivity index is 2.04. The Morgan fingerprint density at radius 1 is 1.10 bits per heavy atom. The summed E-state index contributed by atoms with van der Waals surface area (Å²) in [6.07, 6.45) is 0. The molecule has 0 aliphatic carbocycles. The van der Waals surface area contributed by atoms with E-state index in [0.29, 0.717) is 23.7 Å². The van der Waals surface area contributed by atoms with Crippen LogP contribution in [0.3, 0.4) is 0 Å². The van der Waals surface area contributed by atoms with Gasteiger partial charge in [0.1, 0.15) is 11.5 Å². The van der Waals surface area contributed by atoms with Crippen molar-refractivity contribution < 1.29 is 24.0 Å².